The Bertz CT molecular complexity index is 1350. The van der Waals surface area contributed by atoms with Crippen LogP contribution < -0.4 is 14.2 Å². The normalized spacial score (nSPS) is 19.8. The van der Waals surface area contributed by atoms with Crippen molar-refractivity contribution in [3.63, 3.8) is 0 Å². The Labute approximate surface area is 210 Å². The Hall–Kier alpha value is -3.57. The van der Waals surface area contributed by atoms with Crippen LogP contribution in [-0.2, 0) is 21.8 Å². The highest BCUT2D eigenvalue weighted by Gasteiger charge is 2.43. The molecule has 5 rings (SSSR count). The Morgan fingerprint density at radius 2 is 2.09 bits per heavy atom. The fourth-order valence-corrected chi connectivity index (χ4v) is 4.91. The van der Waals surface area contributed by atoms with Crippen LogP contribution in [0.15, 0.2) is 59.1 Å². The van der Waals surface area contributed by atoms with E-state index in [9.17, 15) is 10.1 Å². The van der Waals surface area contributed by atoms with Gasteiger partial charge in [0.15, 0.2) is 0 Å². The molecule has 3 aromatic carbocycles. The number of ether oxygens (including phenoxy) is 4. The second-order valence-electron chi connectivity index (χ2n) is 8.45. The second-order valence-corrected chi connectivity index (χ2v) is 9.37. The summed E-state index contributed by atoms with van der Waals surface area (Å²) < 4.78 is 39.3. The Kier molecular flexibility index (Phi) is 6.12. The van der Waals surface area contributed by atoms with Crippen LogP contribution in [0.1, 0.15) is 41.0 Å². The van der Waals surface area contributed by atoms with Crippen molar-refractivity contribution in [2.45, 2.75) is 31.0 Å². The van der Waals surface area contributed by atoms with E-state index in [2.05, 4.69) is 22.0 Å². The van der Waals surface area contributed by atoms with Crippen LogP contribution >= 0.6 is 15.9 Å². The largest absolute Gasteiger partial charge is 0.492 e. The van der Waals surface area contributed by atoms with Gasteiger partial charge in [-0.1, -0.05) is 34.1 Å². The van der Waals surface area contributed by atoms with E-state index >= 15 is 4.39 Å². The number of hydrogen-bond donors (Lipinski definition) is 0. The van der Waals surface area contributed by atoms with E-state index in [0.717, 1.165) is 10.0 Å². The lowest BCUT2D eigenvalue weighted by molar-refractivity contribution is -0.141. The summed E-state index contributed by atoms with van der Waals surface area (Å²) in [5, 5.41) is 9.44. The lowest BCUT2D eigenvalue weighted by atomic mass is 9.98. The number of rotatable bonds is 6. The zero-order chi connectivity index (χ0) is 24.6. The highest BCUT2D eigenvalue weighted by molar-refractivity contribution is 9.10. The summed E-state index contributed by atoms with van der Waals surface area (Å²) >= 11 is 3.35. The quantitative estimate of drug-likeness (QED) is 0.343. The number of carbonyl (C=O) groups excluding carboxylic acids is 1. The van der Waals surface area contributed by atoms with Crippen LogP contribution in [0, 0.1) is 11.3 Å². The zero-order valence-corrected chi connectivity index (χ0v) is 20.4. The lowest BCUT2D eigenvalue weighted by Crippen LogP contribution is -2.24. The van der Waals surface area contributed by atoms with Gasteiger partial charge in [-0.2, -0.15) is 9.65 Å². The minimum atomic E-state index is -2.04. The number of esters is 1. The van der Waals surface area contributed by atoms with Crippen molar-refractivity contribution in [1.29, 1.82) is 5.26 Å². The molecule has 0 fully saturated rings. The van der Waals surface area contributed by atoms with Crippen molar-refractivity contribution in [1.82, 2.24) is 0 Å². The minimum Gasteiger partial charge on any atom is -0.492 e. The van der Waals surface area contributed by atoms with Gasteiger partial charge in [0.05, 0.1) is 25.7 Å². The number of fused-ring (bicyclic) bond motifs is 2. The molecule has 0 saturated heterocycles. The fraction of sp³-hybridized carbons (Fsp3) is 0.259. The molecular weight excluding hydrogens is 517 g/mol. The summed E-state index contributed by atoms with van der Waals surface area (Å²) in [4.78, 5) is 11.6. The molecule has 1 heterocycles. The first kappa shape index (κ1) is 23.2. The molecule has 8 heteroatoms. The standard InChI is InChI=1S/C27H21BrFNO5/c1-32-26(31)12-17-15-33-25-13-19(6-7-20(17)25)35-27(29)10-9-21-22(27)3-2-4-24(21)34-23-8-5-18(28)11-16(23)14-30/h2-8,11,13,17H,9-10,12,15H2,1H3/t17?,27-/m0/s1. The molecule has 0 saturated carbocycles. The van der Waals surface area contributed by atoms with Crippen LogP contribution in [-0.4, -0.2) is 19.7 Å². The van der Waals surface area contributed by atoms with E-state index in [1.807, 2.05) is 0 Å². The molecule has 0 spiro atoms. The van der Waals surface area contributed by atoms with Gasteiger partial charge in [-0.25, -0.2) is 0 Å². The van der Waals surface area contributed by atoms with Gasteiger partial charge < -0.3 is 18.9 Å². The molecule has 2 atom stereocenters. The molecule has 1 aliphatic heterocycles. The molecule has 6 nitrogen and oxygen atoms in total. The maximum absolute atomic E-state index is 16.1. The molecule has 3 aromatic rings. The Morgan fingerprint density at radius 3 is 2.89 bits per heavy atom. The maximum atomic E-state index is 16.1. The molecule has 0 aromatic heterocycles. The van der Waals surface area contributed by atoms with Gasteiger partial charge in [-0.3, -0.25) is 4.79 Å². The monoisotopic (exact) mass is 537 g/mol. The predicted octanol–water partition coefficient (Wildman–Crippen LogP) is 6.30. The Morgan fingerprint density at radius 1 is 1.23 bits per heavy atom. The predicted molar refractivity (Wildman–Crippen MR) is 128 cm³/mol. The molecule has 0 bridgehead atoms. The molecule has 178 valence electrons. The number of nitriles is 1. The zero-order valence-electron chi connectivity index (χ0n) is 18.8. The summed E-state index contributed by atoms with van der Waals surface area (Å²) in [6.07, 6.45) is 0.763. The molecule has 1 aliphatic carbocycles. The van der Waals surface area contributed by atoms with Crippen LogP contribution in [0.5, 0.6) is 23.0 Å². The van der Waals surface area contributed by atoms with Crippen molar-refractivity contribution in [3.05, 3.63) is 81.3 Å². The van der Waals surface area contributed by atoms with E-state index in [4.69, 9.17) is 18.9 Å². The number of nitrogens with zero attached hydrogens (tertiary/aromatic N) is 1. The molecule has 0 amide bonds. The van der Waals surface area contributed by atoms with E-state index in [1.165, 1.54) is 7.11 Å². The van der Waals surface area contributed by atoms with Crippen LogP contribution in [0.2, 0.25) is 0 Å². The molecule has 35 heavy (non-hydrogen) atoms. The first-order valence-electron chi connectivity index (χ1n) is 11.1. The topological polar surface area (TPSA) is 77.8 Å². The van der Waals surface area contributed by atoms with E-state index in [-0.39, 0.29) is 24.7 Å². The third kappa shape index (κ3) is 4.44. The molecule has 0 radical (unpaired) electrons. The summed E-state index contributed by atoms with van der Waals surface area (Å²) in [6, 6.07) is 17.6. The maximum Gasteiger partial charge on any atom is 0.306 e. The van der Waals surface area contributed by atoms with Crippen LogP contribution in [0.25, 0.3) is 0 Å². The number of alkyl halides is 1. The SMILES string of the molecule is COC(=O)CC1COc2cc(O[C@@]3(F)CCc4c(Oc5ccc(Br)cc5C#N)cccc43)ccc21. The van der Waals surface area contributed by atoms with Crippen molar-refractivity contribution in [3.8, 4) is 29.1 Å². The van der Waals surface area contributed by atoms with Gasteiger partial charge in [0.25, 0.3) is 5.85 Å². The van der Waals surface area contributed by atoms with E-state index < -0.39 is 5.85 Å². The van der Waals surface area contributed by atoms with Gasteiger partial charge in [0.1, 0.15) is 29.1 Å². The van der Waals surface area contributed by atoms with E-state index in [1.54, 1.807) is 54.6 Å². The van der Waals surface area contributed by atoms with Crippen LogP contribution in [0.4, 0.5) is 4.39 Å². The molecule has 2 aliphatic rings. The van der Waals surface area contributed by atoms with Crippen molar-refractivity contribution < 1.29 is 28.1 Å². The first-order chi connectivity index (χ1) is 16.9. The van der Waals surface area contributed by atoms with Gasteiger partial charge in [-0.15, -0.1) is 0 Å². The van der Waals surface area contributed by atoms with Crippen molar-refractivity contribution >= 4 is 21.9 Å². The second kappa shape index (κ2) is 9.23. The average Bonchev–Trinajstić information content (AvgIpc) is 3.41. The summed E-state index contributed by atoms with van der Waals surface area (Å²) in [5.41, 5.74) is 2.36. The number of benzene rings is 3. The van der Waals surface area contributed by atoms with Crippen molar-refractivity contribution in [2.75, 3.05) is 13.7 Å². The number of hydrogen-bond acceptors (Lipinski definition) is 6. The number of halogens is 2. The average molecular weight is 538 g/mol. The smallest absolute Gasteiger partial charge is 0.306 e. The number of methoxy groups -OCH3 is 1. The third-order valence-corrected chi connectivity index (χ3v) is 6.79. The van der Waals surface area contributed by atoms with Crippen molar-refractivity contribution in [2.24, 2.45) is 0 Å². The Balaban J connectivity index is 1.38. The number of carbonyl (C=O) groups is 1. The van der Waals surface area contributed by atoms with Gasteiger partial charge in [-0.05, 0) is 36.8 Å². The lowest BCUT2D eigenvalue weighted by Gasteiger charge is -2.23. The minimum absolute atomic E-state index is 0.102. The van der Waals surface area contributed by atoms with Gasteiger partial charge >= 0.3 is 5.97 Å². The summed E-state index contributed by atoms with van der Waals surface area (Å²) in [7, 11) is 1.36. The van der Waals surface area contributed by atoms with Gasteiger partial charge in [0.2, 0.25) is 0 Å². The first-order valence-corrected chi connectivity index (χ1v) is 11.9. The summed E-state index contributed by atoms with van der Waals surface area (Å²) in [5.74, 6) is -0.635. The highest BCUT2D eigenvalue weighted by atomic mass is 79.9. The molecule has 1 unspecified atom stereocenters. The van der Waals surface area contributed by atoms with Gasteiger partial charge in [0, 0.05) is 39.6 Å². The molecule has 0 N–H and O–H groups in total. The highest BCUT2D eigenvalue weighted by Crippen LogP contribution is 2.47. The third-order valence-electron chi connectivity index (χ3n) is 6.30. The van der Waals surface area contributed by atoms with E-state index in [0.29, 0.717) is 52.7 Å². The fourth-order valence-electron chi connectivity index (χ4n) is 4.55. The van der Waals surface area contributed by atoms with Crippen LogP contribution in [0.3, 0.4) is 0 Å². The molecular formula is C27H21BrFNO5. The summed E-state index contributed by atoms with van der Waals surface area (Å²) in [6.45, 7) is 0.360.